The highest BCUT2D eigenvalue weighted by Gasteiger charge is 2.42. The zero-order valence-electron chi connectivity index (χ0n) is 15.1. The van der Waals surface area contributed by atoms with Gasteiger partial charge in [-0.15, -0.1) is 0 Å². The zero-order chi connectivity index (χ0) is 20.6. The number of amides is 1. The minimum absolute atomic E-state index is 0.0649. The second-order valence-corrected chi connectivity index (χ2v) is 10.7. The van der Waals surface area contributed by atoms with Gasteiger partial charge in [0.2, 0.25) is 0 Å². The number of hydrogen-bond acceptors (Lipinski definition) is 6. The monoisotopic (exact) mass is 453 g/mol. The number of fused-ring (bicyclic) bond motifs is 1. The van der Waals surface area contributed by atoms with E-state index >= 15 is 0 Å². The Labute approximate surface area is 176 Å². The molecule has 0 unspecified atom stereocenters. The first kappa shape index (κ1) is 20.2. The lowest BCUT2D eigenvalue weighted by Crippen LogP contribution is -2.23. The van der Waals surface area contributed by atoms with Crippen LogP contribution in [-0.2, 0) is 16.4 Å². The lowest BCUT2D eigenvalue weighted by Gasteiger charge is -2.11. The van der Waals surface area contributed by atoms with Gasteiger partial charge in [-0.1, -0.05) is 35.5 Å². The highest BCUT2D eigenvalue weighted by Crippen LogP contribution is 2.35. The van der Waals surface area contributed by atoms with Crippen molar-refractivity contribution in [2.75, 3.05) is 16.8 Å². The summed E-state index contributed by atoms with van der Waals surface area (Å²) in [5.41, 5.74) is 1.71. The van der Waals surface area contributed by atoms with Gasteiger partial charge in [0.05, 0.1) is 28.3 Å². The van der Waals surface area contributed by atoms with Crippen LogP contribution in [0.5, 0.6) is 0 Å². The molecule has 2 aliphatic heterocycles. The van der Waals surface area contributed by atoms with Crippen LogP contribution in [0.1, 0.15) is 15.9 Å². The summed E-state index contributed by atoms with van der Waals surface area (Å²) in [5.74, 6) is -0.438. The van der Waals surface area contributed by atoms with Crippen molar-refractivity contribution in [3.05, 3.63) is 64.4 Å². The van der Waals surface area contributed by atoms with E-state index in [4.69, 9.17) is 11.6 Å². The summed E-state index contributed by atoms with van der Waals surface area (Å²) in [6.45, 7) is 0.269. The fourth-order valence-corrected chi connectivity index (χ4v) is 7.01. The Morgan fingerprint density at radius 2 is 1.97 bits per heavy atom. The van der Waals surface area contributed by atoms with Crippen molar-refractivity contribution >= 4 is 50.0 Å². The molecule has 0 aromatic heterocycles. The standard InChI is InChI=1S/C19H17ClFN3O3S2/c20-14-6-3-12(18(25)22-8-11-1-4-13(21)5-2-11)7-15(14)23-19-24-16-9-29(26,27)10-17(16)28-19/h1-7,16-17H,8-10H2,(H,22,25)(H,23,24)/t16-,17-/m0/s1. The number of hydrogen-bond donors (Lipinski definition) is 2. The van der Waals surface area contributed by atoms with E-state index in [-0.39, 0.29) is 41.1 Å². The molecule has 2 aliphatic rings. The molecular weight excluding hydrogens is 437 g/mol. The highest BCUT2D eigenvalue weighted by atomic mass is 35.5. The van der Waals surface area contributed by atoms with E-state index in [9.17, 15) is 17.6 Å². The molecule has 0 aliphatic carbocycles. The molecule has 10 heteroatoms. The third-order valence-corrected chi connectivity index (χ3v) is 8.13. The van der Waals surface area contributed by atoms with E-state index in [0.29, 0.717) is 21.4 Å². The maximum atomic E-state index is 13.0. The van der Waals surface area contributed by atoms with Crippen molar-refractivity contribution in [2.45, 2.75) is 17.8 Å². The molecule has 6 nitrogen and oxygen atoms in total. The normalized spacial score (nSPS) is 22.1. The Kier molecular flexibility index (Phi) is 5.54. The Balaban J connectivity index is 1.42. The van der Waals surface area contributed by atoms with E-state index < -0.39 is 9.84 Å². The fourth-order valence-electron chi connectivity index (χ4n) is 3.18. The summed E-state index contributed by atoms with van der Waals surface area (Å²) in [6.07, 6.45) is 0. The molecule has 0 saturated carbocycles. The molecule has 152 valence electrons. The molecule has 4 rings (SSSR count). The van der Waals surface area contributed by atoms with Crippen LogP contribution < -0.4 is 10.6 Å². The lowest BCUT2D eigenvalue weighted by molar-refractivity contribution is 0.0951. The summed E-state index contributed by atoms with van der Waals surface area (Å²) >= 11 is 7.62. The predicted octanol–water partition coefficient (Wildman–Crippen LogP) is 3.09. The van der Waals surface area contributed by atoms with Crippen LogP contribution in [0.2, 0.25) is 5.02 Å². The Morgan fingerprint density at radius 1 is 1.21 bits per heavy atom. The molecule has 1 fully saturated rings. The molecule has 2 atom stereocenters. The van der Waals surface area contributed by atoms with Crippen LogP contribution in [0.15, 0.2) is 47.5 Å². The number of halogens is 2. The van der Waals surface area contributed by atoms with Crippen LogP contribution in [-0.4, -0.2) is 42.3 Å². The van der Waals surface area contributed by atoms with E-state index in [1.165, 1.54) is 23.9 Å². The van der Waals surface area contributed by atoms with E-state index in [1.54, 1.807) is 30.3 Å². The number of sulfone groups is 1. The smallest absolute Gasteiger partial charge is 0.251 e. The quantitative estimate of drug-likeness (QED) is 0.742. The van der Waals surface area contributed by atoms with Crippen LogP contribution in [0.3, 0.4) is 0 Å². The molecule has 1 saturated heterocycles. The number of anilines is 1. The van der Waals surface area contributed by atoms with Crippen molar-refractivity contribution in [2.24, 2.45) is 4.99 Å². The maximum Gasteiger partial charge on any atom is 0.251 e. The first-order chi connectivity index (χ1) is 13.8. The minimum atomic E-state index is -3.02. The van der Waals surface area contributed by atoms with Gasteiger partial charge in [0, 0.05) is 17.4 Å². The number of nitrogens with one attached hydrogen (secondary N) is 2. The summed E-state index contributed by atoms with van der Waals surface area (Å²) < 4.78 is 36.3. The second-order valence-electron chi connectivity index (χ2n) is 6.86. The van der Waals surface area contributed by atoms with Crippen molar-refractivity contribution in [3.63, 3.8) is 0 Å². The topological polar surface area (TPSA) is 87.6 Å². The van der Waals surface area contributed by atoms with Crippen LogP contribution >= 0.6 is 23.4 Å². The zero-order valence-corrected chi connectivity index (χ0v) is 17.5. The van der Waals surface area contributed by atoms with Gasteiger partial charge >= 0.3 is 0 Å². The first-order valence-corrected chi connectivity index (χ1v) is 11.9. The molecular formula is C19H17ClFN3O3S2. The average molecular weight is 454 g/mol. The van der Waals surface area contributed by atoms with Crippen molar-refractivity contribution in [1.29, 1.82) is 0 Å². The molecule has 0 spiro atoms. The third-order valence-electron chi connectivity index (χ3n) is 4.65. The molecule has 0 radical (unpaired) electrons. The number of aliphatic imine (C=N–C) groups is 1. The molecule has 2 heterocycles. The fraction of sp³-hybridized carbons (Fsp3) is 0.263. The molecule has 2 aromatic rings. The minimum Gasteiger partial charge on any atom is -0.348 e. The number of benzene rings is 2. The third kappa shape index (κ3) is 4.73. The summed E-state index contributed by atoms with van der Waals surface area (Å²) in [5, 5.41) is 6.83. The maximum absolute atomic E-state index is 13.0. The number of thioether (sulfide) groups is 1. The van der Waals surface area contributed by atoms with Crippen LogP contribution in [0.25, 0.3) is 0 Å². The van der Waals surface area contributed by atoms with Gasteiger partial charge in [0.1, 0.15) is 5.82 Å². The molecule has 1 amide bonds. The van der Waals surface area contributed by atoms with E-state index in [0.717, 1.165) is 5.56 Å². The average Bonchev–Trinajstić information content (AvgIpc) is 3.15. The lowest BCUT2D eigenvalue weighted by atomic mass is 10.1. The number of amidine groups is 1. The van der Waals surface area contributed by atoms with Crippen molar-refractivity contribution in [3.8, 4) is 0 Å². The van der Waals surface area contributed by atoms with Gasteiger partial charge < -0.3 is 10.6 Å². The Hall–Kier alpha value is -2.10. The van der Waals surface area contributed by atoms with Crippen molar-refractivity contribution in [1.82, 2.24) is 5.32 Å². The van der Waals surface area contributed by atoms with Gasteiger partial charge in [-0.05, 0) is 35.9 Å². The first-order valence-electron chi connectivity index (χ1n) is 8.83. The Bertz CT molecular complexity index is 1090. The number of rotatable bonds is 4. The van der Waals surface area contributed by atoms with Crippen LogP contribution in [0.4, 0.5) is 10.1 Å². The molecule has 0 bridgehead atoms. The number of carbonyl (C=O) groups excluding carboxylic acids is 1. The summed E-state index contributed by atoms with van der Waals surface area (Å²) in [7, 11) is -3.02. The Morgan fingerprint density at radius 3 is 2.69 bits per heavy atom. The van der Waals surface area contributed by atoms with Crippen molar-refractivity contribution < 1.29 is 17.6 Å². The number of carbonyl (C=O) groups is 1. The highest BCUT2D eigenvalue weighted by molar-refractivity contribution is 8.15. The second kappa shape index (κ2) is 7.97. The van der Waals surface area contributed by atoms with Gasteiger partial charge in [-0.25, -0.2) is 12.8 Å². The largest absolute Gasteiger partial charge is 0.348 e. The van der Waals surface area contributed by atoms with E-state index in [2.05, 4.69) is 15.6 Å². The molecule has 2 N–H and O–H groups in total. The van der Waals surface area contributed by atoms with Gasteiger partial charge in [-0.3, -0.25) is 9.79 Å². The molecule has 2 aromatic carbocycles. The van der Waals surface area contributed by atoms with Crippen LogP contribution in [0, 0.1) is 5.82 Å². The molecule has 29 heavy (non-hydrogen) atoms. The van der Waals surface area contributed by atoms with Gasteiger partial charge in [-0.2, -0.15) is 0 Å². The predicted molar refractivity (Wildman–Crippen MR) is 114 cm³/mol. The SMILES string of the molecule is O=C(NCc1ccc(F)cc1)c1ccc(Cl)c(NC2=N[C@H]3CS(=O)(=O)C[C@@H]3S2)c1. The summed E-state index contributed by atoms with van der Waals surface area (Å²) in [6, 6.07) is 10.5. The number of nitrogens with zero attached hydrogens (tertiary/aromatic N) is 1. The van der Waals surface area contributed by atoms with Gasteiger partial charge in [0.15, 0.2) is 15.0 Å². The summed E-state index contributed by atoms with van der Waals surface area (Å²) in [4.78, 5) is 16.9. The van der Waals surface area contributed by atoms with E-state index in [1.807, 2.05) is 0 Å². The van der Waals surface area contributed by atoms with Gasteiger partial charge in [0.25, 0.3) is 5.91 Å².